The van der Waals surface area contributed by atoms with Crippen molar-refractivity contribution in [3.05, 3.63) is 60.9 Å². The van der Waals surface area contributed by atoms with Crippen molar-refractivity contribution >= 4 is 36.5 Å². The van der Waals surface area contributed by atoms with Crippen LogP contribution in [0.1, 0.15) is 51.4 Å². The number of hydrogen-bond acceptors (Lipinski definition) is 7. The standard InChI is InChI=1S/C32H42N4O5S2/c1-41-30-10-11-31(29-9-3-2-8-28(29)30)43(39,40)36-20-4-6-27(36)7-5-25-42(37,38)35-23-16-32(17-24-35)14-21-34(22-15-32)26-12-18-33-19-13-26/h2-3,8-13,18-19,27H,4-7,14-17,20-25H2,1H3. The third-order valence-electron chi connectivity index (χ3n) is 9.94. The SMILES string of the molecule is COc1ccc(S(=O)(=O)N2CCCC2CCCS(=O)(=O)N2CCC3(CCN(c4ccncc4)CC3)CC2)c2ccccc12. The Morgan fingerprint density at radius 1 is 0.860 bits per heavy atom. The fraction of sp³-hybridized carbons (Fsp3) is 0.531. The highest BCUT2D eigenvalue weighted by molar-refractivity contribution is 7.89. The number of anilines is 1. The molecule has 232 valence electrons. The number of nitrogens with zero attached hydrogens (tertiary/aromatic N) is 4. The maximum Gasteiger partial charge on any atom is 0.243 e. The Bertz CT molecular complexity index is 1630. The number of rotatable bonds is 9. The quantitative estimate of drug-likeness (QED) is 0.334. The van der Waals surface area contributed by atoms with Crippen molar-refractivity contribution in [3.8, 4) is 5.75 Å². The predicted molar refractivity (Wildman–Crippen MR) is 169 cm³/mol. The van der Waals surface area contributed by atoms with Gasteiger partial charge in [0.1, 0.15) is 5.75 Å². The molecular weight excluding hydrogens is 585 g/mol. The van der Waals surface area contributed by atoms with Gasteiger partial charge in [0.05, 0.1) is 17.8 Å². The Kier molecular flexibility index (Phi) is 8.70. The number of hydrogen-bond donors (Lipinski definition) is 0. The normalized spacial score (nSPS) is 21.9. The molecule has 2 aromatic carbocycles. The summed E-state index contributed by atoms with van der Waals surface area (Å²) in [5.41, 5.74) is 1.43. The van der Waals surface area contributed by atoms with Crippen molar-refractivity contribution in [1.29, 1.82) is 0 Å². The molecule has 3 aliphatic heterocycles. The highest BCUT2D eigenvalue weighted by Crippen LogP contribution is 2.43. The summed E-state index contributed by atoms with van der Waals surface area (Å²) < 4.78 is 63.2. The monoisotopic (exact) mass is 626 g/mol. The van der Waals surface area contributed by atoms with Gasteiger partial charge in [-0.15, -0.1) is 0 Å². The molecule has 0 bridgehead atoms. The molecule has 3 aromatic rings. The van der Waals surface area contributed by atoms with E-state index in [9.17, 15) is 16.8 Å². The Morgan fingerprint density at radius 3 is 2.23 bits per heavy atom. The van der Waals surface area contributed by atoms with Crippen molar-refractivity contribution < 1.29 is 21.6 Å². The molecule has 0 N–H and O–H groups in total. The van der Waals surface area contributed by atoms with Crippen LogP contribution in [0.2, 0.25) is 0 Å². The van der Waals surface area contributed by atoms with Gasteiger partial charge in [0.25, 0.3) is 0 Å². The molecule has 1 spiro atoms. The number of benzene rings is 2. The lowest BCUT2D eigenvalue weighted by Crippen LogP contribution is -2.48. The first-order valence-corrected chi connectivity index (χ1v) is 18.5. The second-order valence-corrected chi connectivity index (χ2v) is 16.2. The van der Waals surface area contributed by atoms with E-state index < -0.39 is 20.0 Å². The van der Waals surface area contributed by atoms with Crippen molar-refractivity contribution in [2.24, 2.45) is 5.41 Å². The molecule has 1 atom stereocenters. The van der Waals surface area contributed by atoms with Gasteiger partial charge in [-0.05, 0) is 81.0 Å². The van der Waals surface area contributed by atoms with E-state index in [4.69, 9.17) is 4.74 Å². The minimum Gasteiger partial charge on any atom is -0.496 e. The van der Waals surface area contributed by atoms with Crippen molar-refractivity contribution in [2.45, 2.75) is 62.3 Å². The second-order valence-electron chi connectivity index (χ2n) is 12.3. The van der Waals surface area contributed by atoms with Gasteiger partial charge in [-0.1, -0.05) is 24.3 Å². The average molecular weight is 627 g/mol. The molecule has 3 aliphatic rings. The maximum absolute atomic E-state index is 13.9. The molecule has 3 saturated heterocycles. The van der Waals surface area contributed by atoms with Crippen LogP contribution >= 0.6 is 0 Å². The fourth-order valence-electron chi connectivity index (χ4n) is 7.35. The molecule has 0 radical (unpaired) electrons. The van der Waals surface area contributed by atoms with E-state index in [-0.39, 0.29) is 22.1 Å². The van der Waals surface area contributed by atoms with Crippen LogP contribution in [0.15, 0.2) is 65.8 Å². The van der Waals surface area contributed by atoms with Crippen LogP contribution in [0.25, 0.3) is 10.8 Å². The zero-order valence-electron chi connectivity index (χ0n) is 24.9. The zero-order chi connectivity index (χ0) is 30.1. The summed E-state index contributed by atoms with van der Waals surface area (Å²) in [6.07, 6.45) is 10.1. The first-order valence-electron chi connectivity index (χ1n) is 15.4. The van der Waals surface area contributed by atoms with Gasteiger partial charge < -0.3 is 9.64 Å². The Morgan fingerprint density at radius 2 is 1.53 bits per heavy atom. The molecule has 9 nitrogen and oxygen atoms in total. The number of fused-ring (bicyclic) bond motifs is 1. The second kappa shape index (κ2) is 12.3. The summed E-state index contributed by atoms with van der Waals surface area (Å²) in [4.78, 5) is 6.80. The largest absolute Gasteiger partial charge is 0.496 e. The third kappa shape index (κ3) is 6.14. The zero-order valence-corrected chi connectivity index (χ0v) is 26.5. The van der Waals surface area contributed by atoms with E-state index in [0.29, 0.717) is 43.6 Å². The summed E-state index contributed by atoms with van der Waals surface area (Å²) in [5.74, 6) is 0.697. The van der Waals surface area contributed by atoms with Gasteiger partial charge in [0.2, 0.25) is 20.0 Å². The molecule has 11 heteroatoms. The van der Waals surface area contributed by atoms with Crippen LogP contribution in [-0.4, -0.2) is 82.1 Å². The predicted octanol–water partition coefficient (Wildman–Crippen LogP) is 4.89. The maximum atomic E-state index is 13.9. The lowest BCUT2D eigenvalue weighted by atomic mass is 9.71. The van der Waals surface area contributed by atoms with Crippen LogP contribution in [0, 0.1) is 5.41 Å². The number of methoxy groups -OCH3 is 1. The summed E-state index contributed by atoms with van der Waals surface area (Å²) in [5, 5.41) is 1.40. The van der Waals surface area contributed by atoms with E-state index in [1.165, 1.54) is 5.69 Å². The minimum atomic E-state index is -3.75. The molecule has 0 saturated carbocycles. The minimum absolute atomic E-state index is 0.0612. The smallest absolute Gasteiger partial charge is 0.243 e. The lowest BCUT2D eigenvalue weighted by molar-refractivity contribution is 0.119. The summed E-state index contributed by atoms with van der Waals surface area (Å²) in [6, 6.07) is 14.6. The summed E-state index contributed by atoms with van der Waals surface area (Å²) in [7, 11) is -5.56. The van der Waals surface area contributed by atoms with Gasteiger partial charge in [-0.3, -0.25) is 4.98 Å². The first kappa shape index (κ1) is 30.3. The van der Waals surface area contributed by atoms with E-state index in [0.717, 1.165) is 57.0 Å². The van der Waals surface area contributed by atoms with Gasteiger partial charge in [-0.2, -0.15) is 4.31 Å². The molecule has 43 heavy (non-hydrogen) atoms. The van der Waals surface area contributed by atoms with Crippen LogP contribution in [0.4, 0.5) is 5.69 Å². The van der Waals surface area contributed by atoms with E-state index in [1.807, 2.05) is 36.7 Å². The van der Waals surface area contributed by atoms with Gasteiger partial charge in [-0.25, -0.2) is 21.1 Å². The Balaban J connectivity index is 1.04. The lowest BCUT2D eigenvalue weighted by Gasteiger charge is -2.47. The van der Waals surface area contributed by atoms with Crippen LogP contribution in [0.5, 0.6) is 5.75 Å². The number of ether oxygens (including phenoxy) is 1. The average Bonchev–Trinajstić information content (AvgIpc) is 3.51. The van der Waals surface area contributed by atoms with Crippen LogP contribution in [0.3, 0.4) is 0 Å². The van der Waals surface area contributed by atoms with Crippen LogP contribution < -0.4 is 9.64 Å². The van der Waals surface area contributed by atoms with E-state index >= 15 is 0 Å². The first-order chi connectivity index (χ1) is 20.7. The van der Waals surface area contributed by atoms with Gasteiger partial charge in [0, 0.05) is 67.6 Å². The van der Waals surface area contributed by atoms with Gasteiger partial charge in [0.15, 0.2) is 0 Å². The summed E-state index contributed by atoms with van der Waals surface area (Å²) in [6.45, 7) is 3.58. The topological polar surface area (TPSA) is 100 Å². The van der Waals surface area contributed by atoms with Crippen LogP contribution in [-0.2, 0) is 20.0 Å². The molecule has 4 heterocycles. The number of piperidine rings is 2. The van der Waals surface area contributed by atoms with Crippen molar-refractivity contribution in [3.63, 3.8) is 0 Å². The third-order valence-corrected chi connectivity index (χ3v) is 13.9. The molecule has 1 unspecified atom stereocenters. The molecule has 6 rings (SSSR count). The van der Waals surface area contributed by atoms with Crippen molar-refractivity contribution in [2.75, 3.05) is 50.5 Å². The molecule has 0 aliphatic carbocycles. The van der Waals surface area contributed by atoms with Crippen molar-refractivity contribution in [1.82, 2.24) is 13.6 Å². The molecule has 0 amide bonds. The molecule has 3 fully saturated rings. The number of aromatic nitrogens is 1. The highest BCUT2D eigenvalue weighted by atomic mass is 32.2. The Hall–Kier alpha value is -2.73. The summed E-state index contributed by atoms with van der Waals surface area (Å²) >= 11 is 0. The van der Waals surface area contributed by atoms with E-state index in [2.05, 4.69) is 22.0 Å². The molecular formula is C32H42N4O5S2. The number of sulfonamides is 2. The molecule has 1 aromatic heterocycles. The number of pyridine rings is 1. The van der Waals surface area contributed by atoms with Gasteiger partial charge >= 0.3 is 0 Å². The Labute approximate surface area is 255 Å². The highest BCUT2D eigenvalue weighted by Gasteiger charge is 2.41. The fourth-order valence-corrected chi connectivity index (χ4v) is 10.8. The van der Waals surface area contributed by atoms with E-state index in [1.54, 1.807) is 27.9 Å².